The van der Waals surface area contributed by atoms with Crippen molar-refractivity contribution in [2.45, 2.75) is 12.8 Å². The van der Waals surface area contributed by atoms with Crippen molar-refractivity contribution in [3.8, 4) is 11.6 Å². The summed E-state index contributed by atoms with van der Waals surface area (Å²) in [7, 11) is 0. The van der Waals surface area contributed by atoms with Crippen molar-refractivity contribution < 1.29 is 24.2 Å². The fourth-order valence-electron chi connectivity index (χ4n) is 2.15. The van der Waals surface area contributed by atoms with E-state index in [2.05, 4.69) is 10.3 Å². The first-order valence-electron chi connectivity index (χ1n) is 8.05. The summed E-state index contributed by atoms with van der Waals surface area (Å²) in [5, 5.41) is 11.6. The summed E-state index contributed by atoms with van der Waals surface area (Å²) in [6, 6.07) is 7.93. The van der Waals surface area contributed by atoms with E-state index in [0.717, 1.165) is 12.8 Å². The lowest BCUT2D eigenvalue weighted by molar-refractivity contribution is -0.139. The molecule has 3 rings (SSSR count). The lowest BCUT2D eigenvalue weighted by atomic mass is 10.2. The van der Waals surface area contributed by atoms with E-state index < -0.39 is 18.5 Å². The molecule has 0 saturated heterocycles. The standard InChI is InChI=1S/C18H17ClN2O5/c19-15-6-12(8-20-18(15)26-9-11-4-5-11)17(24)21-13-2-1-3-14(7-13)25-10-16(22)23/h1-3,6-8,11H,4-5,9-10H2,(H,21,24)(H,22,23). The Labute approximate surface area is 154 Å². The maximum Gasteiger partial charge on any atom is 0.341 e. The number of nitrogens with one attached hydrogen (secondary N) is 1. The van der Waals surface area contributed by atoms with E-state index >= 15 is 0 Å². The third-order valence-electron chi connectivity index (χ3n) is 3.68. The summed E-state index contributed by atoms with van der Waals surface area (Å²) in [4.78, 5) is 27.0. The second-order valence-corrected chi connectivity index (χ2v) is 6.34. The number of nitrogens with zero attached hydrogens (tertiary/aromatic N) is 1. The molecule has 1 fully saturated rings. The number of carbonyl (C=O) groups is 2. The molecule has 0 spiro atoms. The van der Waals surface area contributed by atoms with Crippen molar-refractivity contribution in [1.29, 1.82) is 0 Å². The van der Waals surface area contributed by atoms with Crippen LogP contribution in [-0.2, 0) is 4.79 Å². The summed E-state index contributed by atoms with van der Waals surface area (Å²) in [5.41, 5.74) is 0.744. The number of ether oxygens (including phenoxy) is 2. The van der Waals surface area contributed by atoms with Gasteiger partial charge in [-0.25, -0.2) is 9.78 Å². The zero-order valence-corrected chi connectivity index (χ0v) is 14.5. The number of carbonyl (C=O) groups excluding carboxylic acids is 1. The molecule has 7 nitrogen and oxygen atoms in total. The van der Waals surface area contributed by atoms with Crippen LogP contribution in [0, 0.1) is 5.92 Å². The Morgan fingerprint density at radius 1 is 1.27 bits per heavy atom. The van der Waals surface area contributed by atoms with Gasteiger partial charge in [0.05, 0.1) is 12.2 Å². The van der Waals surface area contributed by atoms with E-state index in [-0.39, 0.29) is 10.6 Å². The van der Waals surface area contributed by atoms with Crippen molar-refractivity contribution in [3.05, 3.63) is 47.1 Å². The molecule has 0 atom stereocenters. The van der Waals surface area contributed by atoms with E-state index in [4.69, 9.17) is 26.2 Å². The van der Waals surface area contributed by atoms with Crippen LogP contribution in [0.1, 0.15) is 23.2 Å². The van der Waals surface area contributed by atoms with Crippen LogP contribution in [0.4, 0.5) is 5.69 Å². The fraction of sp³-hybridized carbons (Fsp3) is 0.278. The normalized spacial score (nSPS) is 13.1. The molecule has 0 radical (unpaired) electrons. The minimum absolute atomic E-state index is 0.275. The molecule has 1 aliphatic rings. The Kier molecular flexibility index (Phi) is 5.58. The molecule has 1 saturated carbocycles. The summed E-state index contributed by atoms with van der Waals surface area (Å²) in [5.74, 6) is -0.247. The molecule has 0 aliphatic heterocycles. The van der Waals surface area contributed by atoms with Gasteiger partial charge in [-0.2, -0.15) is 0 Å². The molecule has 8 heteroatoms. The number of benzene rings is 1. The largest absolute Gasteiger partial charge is 0.482 e. The van der Waals surface area contributed by atoms with Crippen LogP contribution in [0.15, 0.2) is 36.5 Å². The van der Waals surface area contributed by atoms with Crippen LogP contribution in [0.25, 0.3) is 0 Å². The predicted molar refractivity (Wildman–Crippen MR) is 95.0 cm³/mol. The second-order valence-electron chi connectivity index (χ2n) is 5.93. The number of hydrogen-bond donors (Lipinski definition) is 2. The van der Waals surface area contributed by atoms with Gasteiger partial charge in [-0.3, -0.25) is 4.79 Å². The van der Waals surface area contributed by atoms with Crippen LogP contribution in [0.3, 0.4) is 0 Å². The molecule has 1 amide bonds. The first-order chi connectivity index (χ1) is 12.5. The van der Waals surface area contributed by atoms with Crippen molar-refractivity contribution in [2.24, 2.45) is 5.92 Å². The number of aliphatic carboxylic acids is 1. The second kappa shape index (κ2) is 8.05. The van der Waals surface area contributed by atoms with E-state index in [0.29, 0.717) is 29.8 Å². The van der Waals surface area contributed by atoms with Crippen LogP contribution in [0.2, 0.25) is 5.02 Å². The Balaban J connectivity index is 1.62. The number of carboxylic acid groups (broad SMARTS) is 1. The lowest BCUT2D eigenvalue weighted by Gasteiger charge is -2.10. The molecule has 136 valence electrons. The number of hydrogen-bond acceptors (Lipinski definition) is 5. The van der Waals surface area contributed by atoms with Gasteiger partial charge in [0.1, 0.15) is 10.8 Å². The van der Waals surface area contributed by atoms with Crippen LogP contribution >= 0.6 is 11.6 Å². The Bertz CT molecular complexity index is 823. The highest BCUT2D eigenvalue weighted by Gasteiger charge is 2.22. The average Bonchev–Trinajstić information content (AvgIpc) is 3.43. The molecule has 1 aromatic carbocycles. The maximum absolute atomic E-state index is 12.3. The Morgan fingerprint density at radius 2 is 2.08 bits per heavy atom. The molecule has 0 unspecified atom stereocenters. The molecule has 26 heavy (non-hydrogen) atoms. The molecule has 0 bridgehead atoms. The smallest absolute Gasteiger partial charge is 0.341 e. The zero-order valence-electron chi connectivity index (χ0n) is 13.8. The summed E-state index contributed by atoms with van der Waals surface area (Å²) >= 11 is 6.13. The van der Waals surface area contributed by atoms with Gasteiger partial charge in [0.25, 0.3) is 5.91 Å². The van der Waals surface area contributed by atoms with Crippen LogP contribution in [0.5, 0.6) is 11.6 Å². The Hall–Kier alpha value is -2.80. The first kappa shape index (κ1) is 18.0. The molecule has 2 N–H and O–H groups in total. The van der Waals surface area contributed by atoms with Gasteiger partial charge < -0.3 is 19.9 Å². The monoisotopic (exact) mass is 376 g/mol. The number of pyridine rings is 1. The topological polar surface area (TPSA) is 97.8 Å². The van der Waals surface area contributed by atoms with Crippen LogP contribution < -0.4 is 14.8 Å². The lowest BCUT2D eigenvalue weighted by Crippen LogP contribution is -2.13. The number of rotatable bonds is 8. The third kappa shape index (κ3) is 5.10. The first-order valence-corrected chi connectivity index (χ1v) is 8.43. The van der Waals surface area contributed by atoms with Gasteiger partial charge in [0.2, 0.25) is 5.88 Å². The van der Waals surface area contributed by atoms with Crippen molar-refractivity contribution in [2.75, 3.05) is 18.5 Å². The minimum atomic E-state index is -1.08. The molecular weight excluding hydrogens is 360 g/mol. The predicted octanol–water partition coefficient (Wildman–Crippen LogP) is 3.24. The quantitative estimate of drug-likeness (QED) is 0.734. The summed E-state index contributed by atoms with van der Waals surface area (Å²) in [6.07, 6.45) is 3.72. The summed E-state index contributed by atoms with van der Waals surface area (Å²) in [6.45, 7) is 0.126. The van der Waals surface area contributed by atoms with E-state index in [9.17, 15) is 9.59 Å². The number of halogens is 1. The molecule has 1 aromatic heterocycles. The van der Waals surface area contributed by atoms with E-state index in [1.807, 2.05) is 0 Å². The number of anilines is 1. The zero-order chi connectivity index (χ0) is 18.5. The SMILES string of the molecule is O=C(O)COc1cccc(NC(=O)c2cnc(OCC3CC3)c(Cl)c2)c1. The van der Waals surface area contributed by atoms with Gasteiger partial charge in [0, 0.05) is 18.0 Å². The number of aromatic nitrogens is 1. The highest BCUT2D eigenvalue weighted by atomic mass is 35.5. The van der Waals surface area contributed by atoms with Crippen LogP contribution in [-0.4, -0.2) is 35.2 Å². The minimum Gasteiger partial charge on any atom is -0.482 e. The average molecular weight is 377 g/mol. The fourth-order valence-corrected chi connectivity index (χ4v) is 2.37. The highest BCUT2D eigenvalue weighted by molar-refractivity contribution is 6.32. The Morgan fingerprint density at radius 3 is 2.77 bits per heavy atom. The molecule has 1 heterocycles. The van der Waals surface area contributed by atoms with Crippen molar-refractivity contribution in [3.63, 3.8) is 0 Å². The van der Waals surface area contributed by atoms with E-state index in [1.165, 1.54) is 18.3 Å². The van der Waals surface area contributed by atoms with Crippen molar-refractivity contribution in [1.82, 2.24) is 4.98 Å². The highest BCUT2D eigenvalue weighted by Crippen LogP contribution is 2.31. The number of amides is 1. The number of carboxylic acids is 1. The van der Waals surface area contributed by atoms with Gasteiger partial charge in [0.15, 0.2) is 6.61 Å². The van der Waals surface area contributed by atoms with Gasteiger partial charge >= 0.3 is 5.97 Å². The molecular formula is C18H17ClN2O5. The molecule has 1 aliphatic carbocycles. The maximum atomic E-state index is 12.3. The van der Waals surface area contributed by atoms with Crippen molar-refractivity contribution >= 4 is 29.2 Å². The molecule has 2 aromatic rings. The third-order valence-corrected chi connectivity index (χ3v) is 3.95. The van der Waals surface area contributed by atoms with Gasteiger partial charge in [-0.15, -0.1) is 0 Å². The van der Waals surface area contributed by atoms with Gasteiger partial charge in [-0.1, -0.05) is 17.7 Å². The van der Waals surface area contributed by atoms with E-state index in [1.54, 1.807) is 18.2 Å². The van der Waals surface area contributed by atoms with Gasteiger partial charge in [-0.05, 0) is 37.0 Å². The summed E-state index contributed by atoms with van der Waals surface area (Å²) < 4.78 is 10.6.